The van der Waals surface area contributed by atoms with E-state index < -0.39 is 0 Å². The van der Waals surface area contributed by atoms with Crippen LogP contribution in [0.2, 0.25) is 0 Å². The molecule has 1 amide bonds. The molecule has 1 rings (SSSR count). The Hall–Kier alpha value is -1.03. The van der Waals surface area contributed by atoms with Crippen molar-refractivity contribution in [3.63, 3.8) is 0 Å². The molecule has 0 aliphatic rings. The first-order valence-electron chi connectivity index (χ1n) is 5.60. The van der Waals surface area contributed by atoms with Gasteiger partial charge in [0.15, 0.2) is 0 Å². The average Bonchev–Trinajstić information content (AvgIpc) is 2.28. The smallest absolute Gasteiger partial charge is 0.233 e. The number of rotatable bonds is 5. The highest BCUT2D eigenvalue weighted by Crippen LogP contribution is 2.16. The van der Waals surface area contributed by atoms with E-state index in [1.165, 1.54) is 17.8 Å². The molecule has 0 bridgehead atoms. The molecule has 2 nitrogen and oxygen atoms in total. The van der Waals surface area contributed by atoms with Crippen molar-refractivity contribution in [2.75, 3.05) is 6.26 Å². The molecule has 0 aromatic heterocycles. The molecule has 0 saturated heterocycles. The minimum atomic E-state index is -0.280. The topological polar surface area (TPSA) is 29.1 Å². The molecular formula is C13H18FNOS. The second kappa shape index (κ2) is 6.64. The number of benzene rings is 1. The number of hydrogen-bond donors (Lipinski definition) is 1. The largest absolute Gasteiger partial charge is 0.351 e. The zero-order valence-electron chi connectivity index (χ0n) is 10.4. The molecule has 0 spiro atoms. The van der Waals surface area contributed by atoms with Gasteiger partial charge in [0.2, 0.25) is 5.91 Å². The van der Waals surface area contributed by atoms with E-state index in [1.54, 1.807) is 18.2 Å². The van der Waals surface area contributed by atoms with E-state index in [-0.39, 0.29) is 29.4 Å². The molecule has 0 heterocycles. The molecule has 0 radical (unpaired) electrons. The summed E-state index contributed by atoms with van der Waals surface area (Å²) in [4.78, 5) is 11.8. The molecule has 0 fully saturated rings. The first-order valence-corrected chi connectivity index (χ1v) is 6.89. The number of nitrogens with one attached hydrogen (secondary N) is 1. The Morgan fingerprint density at radius 2 is 2.06 bits per heavy atom. The SMILES string of the molecule is CSC(C(=O)NCc1ccccc1F)C(C)C. The van der Waals surface area contributed by atoms with Crippen LogP contribution in [0.4, 0.5) is 4.39 Å². The van der Waals surface area contributed by atoms with Gasteiger partial charge in [-0.15, -0.1) is 0 Å². The Kier molecular flexibility index (Phi) is 5.48. The van der Waals surface area contributed by atoms with E-state index in [1.807, 2.05) is 20.1 Å². The fourth-order valence-electron chi connectivity index (χ4n) is 1.61. The monoisotopic (exact) mass is 255 g/mol. The van der Waals surface area contributed by atoms with Crippen LogP contribution in [0.5, 0.6) is 0 Å². The summed E-state index contributed by atoms with van der Waals surface area (Å²) in [6, 6.07) is 6.48. The molecule has 0 saturated carbocycles. The third-order valence-corrected chi connectivity index (χ3v) is 3.80. The van der Waals surface area contributed by atoms with Crippen LogP contribution < -0.4 is 5.32 Å². The highest BCUT2D eigenvalue weighted by atomic mass is 32.2. The van der Waals surface area contributed by atoms with Gasteiger partial charge < -0.3 is 5.32 Å². The Bertz CT molecular complexity index is 381. The van der Waals surface area contributed by atoms with Crippen molar-refractivity contribution < 1.29 is 9.18 Å². The number of carbonyl (C=O) groups excluding carboxylic acids is 1. The van der Waals surface area contributed by atoms with E-state index in [4.69, 9.17) is 0 Å². The summed E-state index contributed by atoms with van der Waals surface area (Å²) in [6.07, 6.45) is 1.91. The zero-order valence-corrected chi connectivity index (χ0v) is 11.2. The number of amides is 1. The van der Waals surface area contributed by atoms with Crippen LogP contribution in [0.15, 0.2) is 24.3 Å². The lowest BCUT2D eigenvalue weighted by atomic mass is 10.1. The zero-order chi connectivity index (χ0) is 12.8. The Morgan fingerprint density at radius 1 is 1.41 bits per heavy atom. The van der Waals surface area contributed by atoms with Crippen molar-refractivity contribution in [1.29, 1.82) is 0 Å². The van der Waals surface area contributed by atoms with Gasteiger partial charge in [-0.1, -0.05) is 32.0 Å². The van der Waals surface area contributed by atoms with Gasteiger partial charge in [0.1, 0.15) is 5.82 Å². The van der Waals surface area contributed by atoms with E-state index in [9.17, 15) is 9.18 Å². The predicted molar refractivity (Wildman–Crippen MR) is 70.4 cm³/mol. The van der Waals surface area contributed by atoms with Gasteiger partial charge in [0, 0.05) is 12.1 Å². The molecule has 1 aromatic rings. The number of hydrogen-bond acceptors (Lipinski definition) is 2. The van der Waals surface area contributed by atoms with Crippen LogP contribution in [0, 0.1) is 11.7 Å². The molecule has 4 heteroatoms. The van der Waals surface area contributed by atoms with Gasteiger partial charge in [0.25, 0.3) is 0 Å². The minimum Gasteiger partial charge on any atom is -0.351 e. The first-order chi connectivity index (χ1) is 8.06. The fraction of sp³-hybridized carbons (Fsp3) is 0.462. The summed E-state index contributed by atoms with van der Waals surface area (Å²) in [5.41, 5.74) is 0.518. The Balaban J connectivity index is 2.56. The predicted octanol–water partition coefficient (Wildman–Crippen LogP) is 2.83. The summed E-state index contributed by atoms with van der Waals surface area (Å²) in [5, 5.41) is 2.69. The van der Waals surface area contributed by atoms with E-state index in [2.05, 4.69) is 5.32 Å². The van der Waals surface area contributed by atoms with Crippen LogP contribution in [0.25, 0.3) is 0 Å². The van der Waals surface area contributed by atoms with Crippen LogP contribution >= 0.6 is 11.8 Å². The lowest BCUT2D eigenvalue weighted by molar-refractivity contribution is -0.121. The standard InChI is InChI=1S/C13H18FNOS/c1-9(2)12(17-3)13(16)15-8-10-6-4-5-7-11(10)14/h4-7,9,12H,8H2,1-3H3,(H,15,16). The number of thioether (sulfide) groups is 1. The maximum atomic E-state index is 13.3. The van der Waals surface area contributed by atoms with E-state index in [0.717, 1.165) is 0 Å². The van der Waals surface area contributed by atoms with Crippen molar-refractivity contribution in [2.45, 2.75) is 25.6 Å². The van der Waals surface area contributed by atoms with Crippen molar-refractivity contribution in [3.05, 3.63) is 35.6 Å². The van der Waals surface area contributed by atoms with Gasteiger partial charge in [-0.05, 0) is 18.2 Å². The molecule has 1 N–H and O–H groups in total. The lowest BCUT2D eigenvalue weighted by Gasteiger charge is -2.17. The van der Waals surface area contributed by atoms with Gasteiger partial charge >= 0.3 is 0 Å². The summed E-state index contributed by atoms with van der Waals surface area (Å²) in [6.45, 7) is 4.25. The quantitative estimate of drug-likeness (QED) is 0.876. The first kappa shape index (κ1) is 14.0. The van der Waals surface area contributed by atoms with Crippen LogP contribution in [-0.4, -0.2) is 17.4 Å². The van der Waals surface area contributed by atoms with Crippen molar-refractivity contribution >= 4 is 17.7 Å². The molecule has 0 aliphatic heterocycles. The summed E-state index contributed by atoms with van der Waals surface area (Å²) in [7, 11) is 0. The molecular weight excluding hydrogens is 237 g/mol. The van der Waals surface area contributed by atoms with Crippen LogP contribution in [-0.2, 0) is 11.3 Å². The highest BCUT2D eigenvalue weighted by molar-refractivity contribution is 7.99. The Morgan fingerprint density at radius 3 is 2.59 bits per heavy atom. The number of halogens is 1. The Labute approximate surface area is 106 Å². The van der Waals surface area contributed by atoms with Gasteiger partial charge in [-0.2, -0.15) is 11.8 Å². The molecule has 1 unspecified atom stereocenters. The normalized spacial score (nSPS) is 12.5. The van der Waals surface area contributed by atoms with Crippen molar-refractivity contribution in [3.8, 4) is 0 Å². The van der Waals surface area contributed by atoms with Crippen molar-refractivity contribution in [2.24, 2.45) is 5.92 Å². The van der Waals surface area contributed by atoms with E-state index in [0.29, 0.717) is 5.56 Å². The average molecular weight is 255 g/mol. The maximum absolute atomic E-state index is 13.3. The number of carbonyl (C=O) groups is 1. The molecule has 1 atom stereocenters. The van der Waals surface area contributed by atoms with Gasteiger partial charge in [-0.25, -0.2) is 4.39 Å². The van der Waals surface area contributed by atoms with E-state index >= 15 is 0 Å². The van der Waals surface area contributed by atoms with Crippen molar-refractivity contribution in [1.82, 2.24) is 5.32 Å². The van der Waals surface area contributed by atoms with Crippen LogP contribution in [0.3, 0.4) is 0 Å². The lowest BCUT2D eigenvalue weighted by Crippen LogP contribution is -2.35. The summed E-state index contributed by atoms with van der Waals surface area (Å²) < 4.78 is 13.3. The fourth-order valence-corrected chi connectivity index (χ4v) is 2.45. The molecule has 1 aromatic carbocycles. The summed E-state index contributed by atoms with van der Waals surface area (Å²) >= 11 is 1.52. The molecule has 94 valence electrons. The molecule has 17 heavy (non-hydrogen) atoms. The molecule has 0 aliphatic carbocycles. The second-order valence-corrected chi connectivity index (χ2v) is 5.19. The maximum Gasteiger partial charge on any atom is 0.233 e. The summed E-state index contributed by atoms with van der Waals surface area (Å²) in [5.74, 6) is -0.0422. The third-order valence-electron chi connectivity index (χ3n) is 2.53. The highest BCUT2D eigenvalue weighted by Gasteiger charge is 2.20. The van der Waals surface area contributed by atoms with Gasteiger partial charge in [0.05, 0.1) is 5.25 Å². The minimum absolute atomic E-state index is 0.0317. The second-order valence-electron chi connectivity index (χ2n) is 4.21. The third kappa shape index (κ3) is 4.04. The van der Waals surface area contributed by atoms with Crippen LogP contribution in [0.1, 0.15) is 19.4 Å². The van der Waals surface area contributed by atoms with Gasteiger partial charge in [-0.3, -0.25) is 4.79 Å².